The number of fused-ring (bicyclic) bond motifs is 1. The van der Waals surface area contributed by atoms with Gasteiger partial charge in [-0.25, -0.2) is 17.5 Å². The topological polar surface area (TPSA) is 81.1 Å². The number of hydrogen-bond donors (Lipinski definition) is 1. The number of carbonyl (C=O) groups is 1. The van der Waals surface area contributed by atoms with Crippen molar-refractivity contribution < 1.29 is 17.6 Å². The van der Waals surface area contributed by atoms with Crippen molar-refractivity contribution in [2.24, 2.45) is 0 Å². The Labute approximate surface area is 176 Å². The molecule has 0 aliphatic heterocycles. The van der Waals surface area contributed by atoms with Gasteiger partial charge >= 0.3 is 0 Å². The van der Waals surface area contributed by atoms with E-state index in [-0.39, 0.29) is 22.4 Å². The van der Waals surface area contributed by atoms with Gasteiger partial charge in [-0.15, -0.1) is 11.3 Å². The van der Waals surface area contributed by atoms with Crippen LogP contribution in [0.3, 0.4) is 0 Å². The summed E-state index contributed by atoms with van der Waals surface area (Å²) < 4.78 is 38.7. The molecule has 0 saturated heterocycles. The first kappa shape index (κ1) is 20.2. The van der Waals surface area contributed by atoms with Crippen LogP contribution in [0.4, 0.5) is 10.1 Å². The second-order valence-electron chi connectivity index (χ2n) is 6.69. The smallest absolute Gasteiger partial charge is 0.265 e. The van der Waals surface area contributed by atoms with Crippen molar-refractivity contribution in [3.63, 3.8) is 0 Å². The highest BCUT2D eigenvalue weighted by molar-refractivity contribution is 7.91. The first-order valence-electron chi connectivity index (χ1n) is 9.18. The van der Waals surface area contributed by atoms with Gasteiger partial charge in [-0.3, -0.25) is 4.79 Å². The van der Waals surface area contributed by atoms with E-state index in [9.17, 15) is 17.6 Å². The highest BCUT2D eigenvalue weighted by Crippen LogP contribution is 2.31. The van der Waals surface area contributed by atoms with Crippen molar-refractivity contribution in [3.05, 3.63) is 71.0 Å². The molecule has 1 N–H and O–H groups in total. The van der Waals surface area contributed by atoms with Crippen LogP contribution in [-0.2, 0) is 9.84 Å². The Morgan fingerprint density at radius 1 is 1.13 bits per heavy atom. The van der Waals surface area contributed by atoms with Gasteiger partial charge in [-0.1, -0.05) is 6.92 Å². The molecule has 0 atom stereocenters. The summed E-state index contributed by atoms with van der Waals surface area (Å²) in [5, 5.41) is 8.13. The van der Waals surface area contributed by atoms with Gasteiger partial charge in [0.05, 0.1) is 26.9 Å². The predicted octanol–water partition coefficient (Wildman–Crippen LogP) is 4.58. The number of rotatable bonds is 5. The van der Waals surface area contributed by atoms with E-state index in [2.05, 4.69) is 10.4 Å². The lowest BCUT2D eigenvalue weighted by Gasteiger charge is -2.06. The van der Waals surface area contributed by atoms with Crippen LogP contribution in [0.5, 0.6) is 0 Å². The predicted molar refractivity (Wildman–Crippen MR) is 116 cm³/mol. The third-order valence-corrected chi connectivity index (χ3v) is 7.55. The zero-order valence-electron chi connectivity index (χ0n) is 16.2. The van der Waals surface area contributed by atoms with Gasteiger partial charge in [-0.05, 0) is 61.5 Å². The average Bonchev–Trinajstić information content (AvgIpc) is 3.30. The normalized spacial score (nSPS) is 11.7. The van der Waals surface area contributed by atoms with E-state index in [1.54, 1.807) is 41.9 Å². The Morgan fingerprint density at radius 3 is 2.43 bits per heavy atom. The molecular weight excluding hydrogens is 425 g/mol. The zero-order valence-corrected chi connectivity index (χ0v) is 17.8. The summed E-state index contributed by atoms with van der Waals surface area (Å²) in [6, 6.07) is 13.9. The van der Waals surface area contributed by atoms with Gasteiger partial charge < -0.3 is 5.32 Å². The molecule has 2 aromatic carbocycles. The summed E-state index contributed by atoms with van der Waals surface area (Å²) in [7, 11) is -3.29. The number of nitrogens with zero attached hydrogens (tertiary/aromatic N) is 2. The number of benzene rings is 2. The molecule has 6 nitrogen and oxygen atoms in total. The Bertz CT molecular complexity index is 1340. The molecule has 1 amide bonds. The lowest BCUT2D eigenvalue weighted by atomic mass is 10.3. The number of anilines is 1. The molecule has 0 fully saturated rings. The quantitative estimate of drug-likeness (QED) is 0.490. The standard InChI is InChI=1S/C21H18FN3O3S2/c1-3-30(27,28)17-10-6-15(7-11-17)23-20(26)19-12-18-13(2)24-25(21(18)29-19)16-8-4-14(22)5-9-16/h4-12H,3H2,1-2H3,(H,23,26). The monoisotopic (exact) mass is 443 g/mol. The second kappa shape index (κ2) is 7.66. The van der Waals surface area contributed by atoms with Gasteiger partial charge in [0.2, 0.25) is 0 Å². The fourth-order valence-electron chi connectivity index (χ4n) is 3.02. The largest absolute Gasteiger partial charge is 0.321 e. The molecule has 0 aliphatic rings. The molecule has 2 heterocycles. The number of thiophene rings is 1. The molecule has 2 aromatic heterocycles. The van der Waals surface area contributed by atoms with E-state index >= 15 is 0 Å². The summed E-state index contributed by atoms with van der Waals surface area (Å²) in [6.07, 6.45) is 0. The Kier molecular flexibility index (Phi) is 5.17. The molecule has 154 valence electrons. The van der Waals surface area contributed by atoms with Crippen LogP contribution in [-0.4, -0.2) is 29.9 Å². The lowest BCUT2D eigenvalue weighted by molar-refractivity contribution is 0.103. The maximum atomic E-state index is 13.2. The third kappa shape index (κ3) is 3.73. The van der Waals surface area contributed by atoms with Gasteiger partial charge in [0.15, 0.2) is 9.84 Å². The van der Waals surface area contributed by atoms with E-state index in [1.807, 2.05) is 6.92 Å². The fourth-order valence-corrected chi connectivity index (χ4v) is 4.98. The summed E-state index contributed by atoms with van der Waals surface area (Å²) >= 11 is 1.28. The molecule has 0 saturated carbocycles. The number of aryl methyl sites for hydroxylation is 1. The first-order valence-corrected chi connectivity index (χ1v) is 11.6. The van der Waals surface area contributed by atoms with Crippen molar-refractivity contribution in [1.82, 2.24) is 9.78 Å². The Morgan fingerprint density at radius 2 is 1.80 bits per heavy atom. The van der Waals surface area contributed by atoms with Crippen molar-refractivity contribution in [3.8, 4) is 5.69 Å². The summed E-state index contributed by atoms with van der Waals surface area (Å²) in [5.41, 5.74) is 1.97. The average molecular weight is 444 g/mol. The minimum Gasteiger partial charge on any atom is -0.321 e. The molecule has 4 aromatic rings. The van der Waals surface area contributed by atoms with Crippen LogP contribution in [0.15, 0.2) is 59.5 Å². The number of hydrogen-bond acceptors (Lipinski definition) is 5. The summed E-state index contributed by atoms with van der Waals surface area (Å²) in [5.74, 6) is -0.611. The van der Waals surface area contributed by atoms with Gasteiger partial charge in [-0.2, -0.15) is 5.10 Å². The highest BCUT2D eigenvalue weighted by atomic mass is 32.2. The number of carbonyl (C=O) groups excluding carboxylic acids is 1. The van der Waals surface area contributed by atoms with Gasteiger partial charge in [0.25, 0.3) is 5.91 Å². The number of aromatic nitrogens is 2. The third-order valence-electron chi connectivity index (χ3n) is 4.69. The number of sulfone groups is 1. The van der Waals surface area contributed by atoms with Crippen LogP contribution >= 0.6 is 11.3 Å². The van der Waals surface area contributed by atoms with Crippen molar-refractivity contribution >= 4 is 43.0 Å². The molecule has 0 spiro atoms. The Balaban J connectivity index is 1.61. The van der Waals surface area contributed by atoms with E-state index in [1.165, 1.54) is 35.6 Å². The van der Waals surface area contributed by atoms with Crippen LogP contribution < -0.4 is 5.32 Å². The fraction of sp³-hybridized carbons (Fsp3) is 0.143. The molecular formula is C21H18FN3O3S2. The van der Waals surface area contributed by atoms with E-state index < -0.39 is 9.84 Å². The molecule has 0 unspecified atom stereocenters. The maximum Gasteiger partial charge on any atom is 0.265 e. The molecule has 0 bridgehead atoms. The van der Waals surface area contributed by atoms with E-state index in [0.717, 1.165) is 15.9 Å². The van der Waals surface area contributed by atoms with E-state index in [0.29, 0.717) is 16.3 Å². The SMILES string of the molecule is CCS(=O)(=O)c1ccc(NC(=O)c2cc3c(C)nn(-c4ccc(F)cc4)c3s2)cc1. The van der Waals surface area contributed by atoms with Gasteiger partial charge in [0.1, 0.15) is 10.6 Å². The van der Waals surface area contributed by atoms with Crippen LogP contribution in [0.25, 0.3) is 15.9 Å². The molecule has 0 radical (unpaired) electrons. The zero-order chi connectivity index (χ0) is 21.5. The molecule has 0 aliphatic carbocycles. The summed E-state index contributed by atoms with van der Waals surface area (Å²) in [6.45, 7) is 3.44. The summed E-state index contributed by atoms with van der Waals surface area (Å²) in [4.78, 5) is 14.2. The van der Waals surface area contributed by atoms with Crippen LogP contribution in [0.1, 0.15) is 22.3 Å². The van der Waals surface area contributed by atoms with Crippen molar-refractivity contribution in [1.29, 1.82) is 0 Å². The minimum atomic E-state index is -3.29. The maximum absolute atomic E-state index is 13.2. The minimum absolute atomic E-state index is 0.0188. The van der Waals surface area contributed by atoms with Crippen molar-refractivity contribution in [2.75, 3.05) is 11.1 Å². The number of amides is 1. The van der Waals surface area contributed by atoms with Crippen molar-refractivity contribution in [2.45, 2.75) is 18.7 Å². The Hall–Kier alpha value is -3.04. The molecule has 4 rings (SSSR count). The van der Waals surface area contributed by atoms with Crippen LogP contribution in [0, 0.1) is 12.7 Å². The van der Waals surface area contributed by atoms with Crippen LogP contribution in [0.2, 0.25) is 0 Å². The van der Waals surface area contributed by atoms with E-state index in [4.69, 9.17) is 0 Å². The molecule has 30 heavy (non-hydrogen) atoms. The number of halogens is 1. The first-order chi connectivity index (χ1) is 14.3. The lowest BCUT2D eigenvalue weighted by Crippen LogP contribution is -2.10. The van der Waals surface area contributed by atoms with Gasteiger partial charge in [0, 0.05) is 11.1 Å². The molecule has 9 heteroatoms. The second-order valence-corrected chi connectivity index (χ2v) is 9.99. The highest BCUT2D eigenvalue weighted by Gasteiger charge is 2.18. The number of nitrogens with one attached hydrogen (secondary N) is 1.